The molecule has 14 heavy (non-hydrogen) atoms. The molecule has 1 aromatic rings. The number of methoxy groups -OCH3 is 1. The zero-order valence-electron chi connectivity index (χ0n) is 6.98. The highest BCUT2D eigenvalue weighted by Gasteiger charge is 2.20. The van der Waals surface area contributed by atoms with E-state index in [-0.39, 0.29) is 13.6 Å². The molecule has 0 fully saturated rings. The molecule has 0 saturated carbocycles. The van der Waals surface area contributed by atoms with Crippen molar-refractivity contribution in [3.8, 4) is 0 Å². The molecule has 2 N–H and O–H groups in total. The fourth-order valence-corrected chi connectivity index (χ4v) is 3.81. The van der Waals surface area contributed by atoms with Gasteiger partial charge in [0.05, 0.1) is 7.11 Å². The maximum Gasteiger partial charge on any atom is 0.348 e. The summed E-state index contributed by atoms with van der Waals surface area (Å²) in [5.41, 5.74) is 0. The first-order valence-corrected chi connectivity index (χ1v) is 6.42. The number of rotatable bonds is 2. The van der Waals surface area contributed by atoms with Gasteiger partial charge in [0, 0.05) is 4.47 Å². The van der Waals surface area contributed by atoms with Gasteiger partial charge in [-0.25, -0.2) is 18.4 Å². The Morgan fingerprint density at radius 2 is 2.21 bits per heavy atom. The molecule has 0 amide bonds. The van der Waals surface area contributed by atoms with Crippen LogP contribution >= 0.6 is 27.3 Å². The number of hydrogen-bond acceptors (Lipinski definition) is 5. The first kappa shape index (κ1) is 11.6. The summed E-state index contributed by atoms with van der Waals surface area (Å²) >= 11 is 3.76. The Hall–Kier alpha value is -0.440. The van der Waals surface area contributed by atoms with Crippen molar-refractivity contribution in [1.29, 1.82) is 0 Å². The minimum absolute atomic E-state index is 0.0853. The molecular formula is C6H6BrNO4S2. The smallest absolute Gasteiger partial charge is 0.348 e. The van der Waals surface area contributed by atoms with E-state index in [9.17, 15) is 13.2 Å². The number of ether oxygens (including phenoxy) is 1. The van der Waals surface area contributed by atoms with Crippen molar-refractivity contribution in [2.45, 2.75) is 4.21 Å². The molecule has 1 rings (SSSR count). The standard InChI is InChI=1S/C6H6BrNO4S2/c1-12-5(9)4-2-3(7)6(13-4)14(8,10)11/h2H,1H3,(H2,8,10,11). The second-order valence-electron chi connectivity index (χ2n) is 2.28. The van der Waals surface area contributed by atoms with Gasteiger partial charge < -0.3 is 4.74 Å². The van der Waals surface area contributed by atoms with Crippen molar-refractivity contribution in [2.24, 2.45) is 5.14 Å². The Labute approximate surface area is 93.0 Å². The molecule has 0 radical (unpaired) electrons. The molecule has 0 spiro atoms. The van der Waals surface area contributed by atoms with E-state index in [2.05, 4.69) is 20.7 Å². The fraction of sp³-hybridized carbons (Fsp3) is 0.167. The third-order valence-electron chi connectivity index (χ3n) is 1.30. The molecule has 0 aliphatic carbocycles. The zero-order valence-corrected chi connectivity index (χ0v) is 10.2. The van der Waals surface area contributed by atoms with Crippen molar-refractivity contribution in [3.63, 3.8) is 0 Å². The van der Waals surface area contributed by atoms with Crippen LogP contribution in [0.25, 0.3) is 0 Å². The van der Waals surface area contributed by atoms with Crippen LogP contribution < -0.4 is 5.14 Å². The Bertz CT molecular complexity index is 464. The SMILES string of the molecule is COC(=O)c1cc(Br)c(S(N)(=O)=O)s1. The number of carbonyl (C=O) groups is 1. The summed E-state index contributed by atoms with van der Waals surface area (Å²) in [6, 6.07) is 1.36. The van der Waals surface area contributed by atoms with Crippen molar-refractivity contribution in [1.82, 2.24) is 0 Å². The normalized spacial score (nSPS) is 11.4. The lowest BCUT2D eigenvalue weighted by Crippen LogP contribution is -2.10. The number of sulfonamides is 1. The molecule has 1 heterocycles. The molecule has 0 aliphatic heterocycles. The second-order valence-corrected chi connectivity index (χ2v) is 5.95. The van der Waals surface area contributed by atoms with Gasteiger partial charge >= 0.3 is 5.97 Å². The van der Waals surface area contributed by atoms with E-state index in [1.807, 2.05) is 0 Å². The maximum absolute atomic E-state index is 11.0. The van der Waals surface area contributed by atoms with Crippen LogP contribution in [0.1, 0.15) is 9.67 Å². The number of carbonyl (C=O) groups excluding carboxylic acids is 1. The highest BCUT2D eigenvalue weighted by Crippen LogP contribution is 2.30. The van der Waals surface area contributed by atoms with Gasteiger partial charge in [0.2, 0.25) is 10.0 Å². The Morgan fingerprint density at radius 1 is 1.64 bits per heavy atom. The molecule has 8 heteroatoms. The number of nitrogens with two attached hydrogens (primary N) is 1. The summed E-state index contributed by atoms with van der Waals surface area (Å²) in [6.45, 7) is 0. The summed E-state index contributed by atoms with van der Waals surface area (Å²) in [6.07, 6.45) is 0. The number of primary sulfonamides is 1. The van der Waals surface area contributed by atoms with Gasteiger partial charge in [0.25, 0.3) is 0 Å². The van der Waals surface area contributed by atoms with Crippen molar-refractivity contribution >= 4 is 43.3 Å². The Kier molecular flexibility index (Phi) is 3.30. The molecular weight excluding hydrogens is 294 g/mol. The predicted molar refractivity (Wildman–Crippen MR) is 54.7 cm³/mol. The molecule has 0 bridgehead atoms. The predicted octanol–water partition coefficient (Wildman–Crippen LogP) is 0.945. The second kappa shape index (κ2) is 3.97. The number of halogens is 1. The van der Waals surface area contributed by atoms with Gasteiger partial charge in [-0.1, -0.05) is 0 Å². The van der Waals surface area contributed by atoms with Gasteiger partial charge in [0.15, 0.2) is 0 Å². The van der Waals surface area contributed by atoms with Crippen molar-refractivity contribution in [3.05, 3.63) is 15.4 Å². The van der Waals surface area contributed by atoms with E-state index >= 15 is 0 Å². The monoisotopic (exact) mass is 299 g/mol. The average molecular weight is 300 g/mol. The number of thiophene rings is 1. The van der Waals surface area contributed by atoms with E-state index in [1.165, 1.54) is 13.2 Å². The molecule has 5 nitrogen and oxygen atoms in total. The third-order valence-corrected chi connectivity index (χ3v) is 5.04. The number of hydrogen-bond donors (Lipinski definition) is 1. The molecule has 0 unspecified atom stereocenters. The van der Waals surface area contributed by atoms with E-state index in [1.54, 1.807) is 0 Å². The lowest BCUT2D eigenvalue weighted by atomic mass is 10.5. The van der Waals surface area contributed by atoms with E-state index < -0.39 is 16.0 Å². The highest BCUT2D eigenvalue weighted by atomic mass is 79.9. The van der Waals surface area contributed by atoms with Crippen LogP contribution in [0.5, 0.6) is 0 Å². The van der Waals surface area contributed by atoms with Crippen LogP contribution in [0.3, 0.4) is 0 Å². The summed E-state index contributed by atoms with van der Waals surface area (Å²) in [5.74, 6) is -0.592. The maximum atomic E-state index is 11.0. The summed E-state index contributed by atoms with van der Waals surface area (Å²) in [4.78, 5) is 11.2. The van der Waals surface area contributed by atoms with Gasteiger partial charge in [-0.3, -0.25) is 0 Å². The highest BCUT2D eigenvalue weighted by molar-refractivity contribution is 9.10. The summed E-state index contributed by atoms with van der Waals surface area (Å²) < 4.78 is 26.6. The average Bonchev–Trinajstić information content (AvgIpc) is 2.45. The van der Waals surface area contributed by atoms with Crippen LogP contribution in [-0.2, 0) is 14.8 Å². The van der Waals surface area contributed by atoms with Crippen LogP contribution in [0.2, 0.25) is 0 Å². The minimum Gasteiger partial charge on any atom is -0.465 e. The molecule has 1 aromatic heterocycles. The van der Waals surface area contributed by atoms with Crippen LogP contribution in [0.4, 0.5) is 0 Å². The quantitative estimate of drug-likeness (QED) is 0.824. The Morgan fingerprint density at radius 3 is 2.57 bits per heavy atom. The largest absolute Gasteiger partial charge is 0.465 e. The topological polar surface area (TPSA) is 86.5 Å². The van der Waals surface area contributed by atoms with Gasteiger partial charge in [-0.05, 0) is 22.0 Å². The molecule has 0 aromatic carbocycles. The van der Waals surface area contributed by atoms with Gasteiger partial charge in [-0.15, -0.1) is 11.3 Å². The van der Waals surface area contributed by atoms with Crippen LogP contribution in [-0.4, -0.2) is 21.5 Å². The van der Waals surface area contributed by atoms with Gasteiger partial charge in [0.1, 0.15) is 9.09 Å². The van der Waals surface area contributed by atoms with Crippen LogP contribution in [0.15, 0.2) is 14.7 Å². The minimum atomic E-state index is -3.79. The molecule has 0 atom stereocenters. The van der Waals surface area contributed by atoms with E-state index in [0.717, 1.165) is 11.3 Å². The molecule has 78 valence electrons. The van der Waals surface area contributed by atoms with Crippen molar-refractivity contribution < 1.29 is 17.9 Å². The lowest BCUT2D eigenvalue weighted by Gasteiger charge is -1.92. The first-order valence-electron chi connectivity index (χ1n) is 3.26. The number of esters is 1. The third kappa shape index (κ3) is 2.32. The molecule has 0 saturated heterocycles. The van der Waals surface area contributed by atoms with Crippen molar-refractivity contribution in [2.75, 3.05) is 7.11 Å². The molecule has 0 aliphatic rings. The zero-order chi connectivity index (χ0) is 10.9. The summed E-state index contributed by atoms with van der Waals surface area (Å²) in [7, 11) is -2.58. The Balaban J connectivity index is 3.25. The van der Waals surface area contributed by atoms with E-state index in [0.29, 0.717) is 0 Å². The van der Waals surface area contributed by atoms with Gasteiger partial charge in [-0.2, -0.15) is 0 Å². The van der Waals surface area contributed by atoms with E-state index in [4.69, 9.17) is 5.14 Å². The lowest BCUT2D eigenvalue weighted by molar-refractivity contribution is 0.0606. The van der Waals surface area contributed by atoms with Crippen LogP contribution in [0, 0.1) is 0 Å². The fourth-order valence-electron chi connectivity index (χ4n) is 0.747. The first-order chi connectivity index (χ1) is 6.36. The summed E-state index contributed by atoms with van der Waals surface area (Å²) in [5, 5.41) is 4.91.